The maximum Gasteiger partial charge on any atom is 0.0718 e. The van der Waals surface area contributed by atoms with Crippen molar-refractivity contribution in [3.8, 4) is 0 Å². The van der Waals surface area contributed by atoms with E-state index in [-0.39, 0.29) is 6.04 Å². The summed E-state index contributed by atoms with van der Waals surface area (Å²) in [5.74, 6) is 0. The van der Waals surface area contributed by atoms with Crippen LogP contribution in [-0.2, 0) is 0 Å². The number of nitrogens with one attached hydrogen (secondary N) is 3. The van der Waals surface area contributed by atoms with Gasteiger partial charge in [-0.2, -0.15) is 0 Å². The fraction of sp³-hybridized carbons (Fsp3) is 0.333. The van der Waals surface area contributed by atoms with Crippen LogP contribution in [0.5, 0.6) is 0 Å². The molecule has 0 aromatic heterocycles. The molecule has 28 heavy (non-hydrogen) atoms. The number of allylic oxidation sites excluding steroid dienone is 4. The fourth-order valence-corrected chi connectivity index (χ4v) is 2.81. The van der Waals surface area contributed by atoms with Gasteiger partial charge in [-0.15, -0.1) is 0 Å². The maximum atomic E-state index is 5.77. The van der Waals surface area contributed by atoms with E-state index in [1.807, 2.05) is 69.6 Å². The van der Waals surface area contributed by atoms with E-state index in [0.717, 1.165) is 29.8 Å². The molecule has 4 heteroatoms. The van der Waals surface area contributed by atoms with Crippen molar-refractivity contribution in [3.63, 3.8) is 0 Å². The van der Waals surface area contributed by atoms with Gasteiger partial charge in [0.25, 0.3) is 0 Å². The minimum Gasteiger partial charge on any atom is -0.365 e. The van der Waals surface area contributed by atoms with Crippen LogP contribution < -0.4 is 21.7 Å². The van der Waals surface area contributed by atoms with Crippen molar-refractivity contribution < 1.29 is 0 Å². The molecule has 0 bridgehead atoms. The Morgan fingerprint density at radius 1 is 1.18 bits per heavy atom. The first-order valence-electron chi connectivity index (χ1n) is 10.0. The minimum absolute atomic E-state index is 0.0423. The van der Waals surface area contributed by atoms with Crippen molar-refractivity contribution in [1.82, 2.24) is 10.6 Å². The van der Waals surface area contributed by atoms with Crippen molar-refractivity contribution in [2.75, 3.05) is 18.9 Å². The summed E-state index contributed by atoms with van der Waals surface area (Å²) in [5.41, 5.74) is 11.4. The third-order valence-electron chi connectivity index (χ3n) is 4.29. The van der Waals surface area contributed by atoms with Crippen molar-refractivity contribution in [2.24, 2.45) is 5.73 Å². The first-order valence-corrected chi connectivity index (χ1v) is 10.0. The summed E-state index contributed by atoms with van der Waals surface area (Å²) in [4.78, 5) is 0. The second-order valence-corrected chi connectivity index (χ2v) is 6.37. The predicted molar refractivity (Wildman–Crippen MR) is 124 cm³/mol. The molecule has 0 fully saturated rings. The van der Waals surface area contributed by atoms with E-state index in [4.69, 9.17) is 5.73 Å². The molecule has 0 aliphatic heterocycles. The summed E-state index contributed by atoms with van der Waals surface area (Å²) in [5, 5.41) is 10.1. The summed E-state index contributed by atoms with van der Waals surface area (Å²) in [6.07, 6.45) is 12.4. The van der Waals surface area contributed by atoms with Gasteiger partial charge in [0.05, 0.1) is 6.04 Å². The molecule has 1 aromatic rings. The van der Waals surface area contributed by atoms with Crippen LogP contribution in [0, 0.1) is 0 Å². The van der Waals surface area contributed by atoms with Gasteiger partial charge >= 0.3 is 0 Å². The summed E-state index contributed by atoms with van der Waals surface area (Å²) < 4.78 is 0. The normalized spacial score (nSPS) is 15.1. The van der Waals surface area contributed by atoms with Gasteiger partial charge < -0.3 is 21.7 Å². The van der Waals surface area contributed by atoms with Gasteiger partial charge in [0.15, 0.2) is 0 Å². The Morgan fingerprint density at radius 3 is 2.46 bits per heavy atom. The first kappa shape index (κ1) is 23.5. The van der Waals surface area contributed by atoms with Crippen molar-refractivity contribution in [2.45, 2.75) is 39.7 Å². The van der Waals surface area contributed by atoms with Crippen LogP contribution in [0.4, 0.5) is 5.69 Å². The molecular weight excluding hydrogens is 344 g/mol. The molecule has 1 unspecified atom stereocenters. The zero-order valence-corrected chi connectivity index (χ0v) is 17.8. The molecule has 2 rings (SSSR count). The van der Waals surface area contributed by atoms with E-state index in [1.54, 1.807) is 0 Å². The smallest absolute Gasteiger partial charge is 0.0718 e. The molecule has 0 saturated carbocycles. The van der Waals surface area contributed by atoms with Gasteiger partial charge in [0.1, 0.15) is 0 Å². The van der Waals surface area contributed by atoms with Crippen molar-refractivity contribution in [3.05, 3.63) is 90.0 Å². The standard InChI is InChI=1S/C22H30N4.C2H6/c1-17-9-11-19(12-10-17)25-16-14-18(2)22(24-3)21(13-15-23)26-20-7-5-4-6-8-20;1-2/h4-9,11,13-14,16,22,24-26H,2,10,12,15,23H2,1,3H3;1-2H3/b16-14-,21-13-;. The molecule has 0 heterocycles. The lowest BCUT2D eigenvalue weighted by molar-refractivity contribution is 0.729. The summed E-state index contributed by atoms with van der Waals surface area (Å²) in [6.45, 7) is 10.8. The van der Waals surface area contributed by atoms with Gasteiger partial charge in [-0.1, -0.05) is 50.3 Å². The molecule has 1 aromatic carbocycles. The zero-order chi connectivity index (χ0) is 20.8. The Labute approximate surface area is 171 Å². The number of benzene rings is 1. The van der Waals surface area contributed by atoms with Gasteiger partial charge in [0.2, 0.25) is 0 Å². The molecule has 0 saturated heterocycles. The van der Waals surface area contributed by atoms with Crippen molar-refractivity contribution >= 4 is 5.69 Å². The summed E-state index contributed by atoms with van der Waals surface area (Å²) in [6, 6.07) is 10.0. The third-order valence-corrected chi connectivity index (χ3v) is 4.29. The van der Waals surface area contributed by atoms with Crippen LogP contribution in [0.1, 0.15) is 33.6 Å². The monoisotopic (exact) mass is 380 g/mol. The number of anilines is 1. The number of hydrogen-bond acceptors (Lipinski definition) is 4. The highest BCUT2D eigenvalue weighted by Gasteiger charge is 2.14. The van der Waals surface area contributed by atoms with Crippen LogP contribution in [-0.4, -0.2) is 19.6 Å². The molecule has 1 atom stereocenters. The second-order valence-electron chi connectivity index (χ2n) is 6.37. The predicted octanol–water partition coefficient (Wildman–Crippen LogP) is 4.84. The Kier molecular flexibility index (Phi) is 11.4. The number of hydrogen-bond donors (Lipinski definition) is 4. The molecule has 5 N–H and O–H groups in total. The third kappa shape index (κ3) is 7.99. The molecule has 0 spiro atoms. The number of likely N-dealkylation sites (N-methyl/N-ethyl adjacent to an activating group) is 1. The average molecular weight is 381 g/mol. The lowest BCUT2D eigenvalue weighted by Crippen LogP contribution is -2.32. The van der Waals surface area contributed by atoms with Crippen LogP contribution >= 0.6 is 0 Å². The van der Waals surface area contributed by atoms with E-state index in [0.29, 0.717) is 6.54 Å². The van der Waals surface area contributed by atoms with Crippen molar-refractivity contribution in [1.29, 1.82) is 0 Å². The quantitative estimate of drug-likeness (QED) is 0.463. The Balaban J connectivity index is 0.00000190. The number of rotatable bonds is 9. The van der Waals surface area contributed by atoms with E-state index in [1.165, 1.54) is 11.3 Å². The molecule has 152 valence electrons. The van der Waals surface area contributed by atoms with Gasteiger partial charge in [-0.05, 0) is 62.7 Å². The Bertz CT molecular complexity index is 711. The van der Waals surface area contributed by atoms with E-state index in [9.17, 15) is 0 Å². The van der Waals surface area contributed by atoms with Crippen LogP contribution in [0.3, 0.4) is 0 Å². The first-order chi connectivity index (χ1) is 13.6. The van der Waals surface area contributed by atoms with E-state index >= 15 is 0 Å². The number of para-hydroxylation sites is 1. The van der Waals surface area contributed by atoms with Crippen LogP contribution in [0.25, 0.3) is 0 Å². The average Bonchev–Trinajstić information content (AvgIpc) is 2.72. The maximum absolute atomic E-state index is 5.77. The molecular formula is C24H36N4. The van der Waals surface area contributed by atoms with E-state index in [2.05, 4.69) is 41.6 Å². The molecule has 0 amide bonds. The Morgan fingerprint density at radius 2 is 1.89 bits per heavy atom. The largest absolute Gasteiger partial charge is 0.365 e. The minimum atomic E-state index is -0.0423. The highest BCUT2D eigenvalue weighted by atomic mass is 15.0. The Hall–Kier alpha value is -2.56. The fourth-order valence-electron chi connectivity index (χ4n) is 2.81. The van der Waals surface area contributed by atoms with Crippen LogP contribution in [0.15, 0.2) is 90.0 Å². The number of nitrogens with two attached hydrogens (primary N) is 1. The van der Waals surface area contributed by atoms with Gasteiger partial charge in [-0.25, -0.2) is 0 Å². The second kappa shape index (κ2) is 13.6. The highest BCUT2D eigenvalue weighted by Crippen LogP contribution is 2.17. The molecule has 1 aliphatic rings. The van der Waals surface area contributed by atoms with Gasteiger partial charge in [-0.3, -0.25) is 0 Å². The van der Waals surface area contributed by atoms with Crippen LogP contribution in [0.2, 0.25) is 0 Å². The molecule has 1 aliphatic carbocycles. The summed E-state index contributed by atoms with van der Waals surface area (Å²) in [7, 11) is 1.92. The topological polar surface area (TPSA) is 62.1 Å². The van der Waals surface area contributed by atoms with Gasteiger partial charge in [0, 0.05) is 29.8 Å². The SMILES string of the molecule is C=C(/C=C\NC1=CC=C(C)CC1)C(NC)/C(=C/CN)Nc1ccccc1.CC. The lowest BCUT2D eigenvalue weighted by atomic mass is 10.0. The zero-order valence-electron chi connectivity index (χ0n) is 17.8. The molecule has 0 radical (unpaired) electrons. The van der Waals surface area contributed by atoms with E-state index < -0.39 is 0 Å². The highest BCUT2D eigenvalue weighted by molar-refractivity contribution is 5.51. The molecule has 4 nitrogen and oxygen atoms in total. The lowest BCUT2D eigenvalue weighted by Gasteiger charge is -2.22. The summed E-state index contributed by atoms with van der Waals surface area (Å²) >= 11 is 0.